The maximum absolute atomic E-state index is 12.5. The first kappa shape index (κ1) is 17.7. The largest absolute Gasteiger partial charge is 0.445 e. The molecule has 2 amide bonds. The molecule has 1 heterocycles. The molecule has 2 atom stereocenters. The maximum Gasteiger partial charge on any atom is 0.410 e. The molecule has 0 aromatic heterocycles. The molecule has 2 fully saturated rings. The molecule has 1 aromatic carbocycles. The lowest BCUT2D eigenvalue weighted by Crippen LogP contribution is -2.55. The van der Waals surface area contributed by atoms with Crippen LogP contribution in [0.1, 0.15) is 38.2 Å². The van der Waals surface area contributed by atoms with Crippen LogP contribution < -0.4 is 5.73 Å². The fourth-order valence-electron chi connectivity index (χ4n) is 3.40. The summed E-state index contributed by atoms with van der Waals surface area (Å²) < 4.78 is 5.44. The average molecular weight is 345 g/mol. The lowest BCUT2D eigenvalue weighted by molar-refractivity contribution is -0.136. The molecule has 0 radical (unpaired) electrons. The molecule has 6 nitrogen and oxygen atoms in total. The molecule has 1 saturated carbocycles. The number of rotatable bonds is 5. The van der Waals surface area contributed by atoms with Crippen molar-refractivity contribution in [1.82, 2.24) is 9.80 Å². The average Bonchev–Trinajstić information content (AvgIpc) is 3.46. The monoisotopic (exact) mass is 345 g/mol. The molecule has 1 unspecified atom stereocenters. The minimum absolute atomic E-state index is 0.00740. The molecule has 2 aliphatic rings. The summed E-state index contributed by atoms with van der Waals surface area (Å²) in [5.41, 5.74) is 6.79. The van der Waals surface area contributed by atoms with Crippen molar-refractivity contribution in [1.29, 1.82) is 0 Å². The van der Waals surface area contributed by atoms with Crippen LogP contribution in [0.2, 0.25) is 0 Å². The molecule has 2 N–H and O–H groups in total. The number of hydrogen-bond acceptors (Lipinski definition) is 4. The molecule has 0 spiro atoms. The second-order valence-corrected chi connectivity index (χ2v) is 7.05. The number of nitrogens with zero attached hydrogens (tertiary/aromatic N) is 2. The van der Waals surface area contributed by atoms with Gasteiger partial charge in [0.15, 0.2) is 0 Å². The van der Waals surface area contributed by atoms with E-state index in [0.29, 0.717) is 19.1 Å². The summed E-state index contributed by atoms with van der Waals surface area (Å²) in [4.78, 5) is 28.5. The van der Waals surface area contributed by atoms with Gasteiger partial charge in [-0.1, -0.05) is 30.3 Å². The van der Waals surface area contributed by atoms with Crippen LogP contribution >= 0.6 is 0 Å². The number of amides is 2. The Balaban J connectivity index is 1.58. The van der Waals surface area contributed by atoms with Crippen LogP contribution in [0.25, 0.3) is 0 Å². The third-order valence-corrected chi connectivity index (χ3v) is 4.84. The van der Waals surface area contributed by atoms with Gasteiger partial charge in [0.2, 0.25) is 5.91 Å². The molecule has 25 heavy (non-hydrogen) atoms. The lowest BCUT2D eigenvalue weighted by atomic mass is 10.0. The fraction of sp³-hybridized carbons (Fsp3) is 0.579. The van der Waals surface area contributed by atoms with Crippen LogP contribution in [0.5, 0.6) is 0 Å². The molecule has 3 rings (SSSR count). The van der Waals surface area contributed by atoms with E-state index >= 15 is 0 Å². The van der Waals surface area contributed by atoms with E-state index in [0.717, 1.165) is 31.2 Å². The topological polar surface area (TPSA) is 75.9 Å². The smallest absolute Gasteiger partial charge is 0.410 e. The highest BCUT2D eigenvalue weighted by atomic mass is 16.6. The Morgan fingerprint density at radius 1 is 1.24 bits per heavy atom. The summed E-state index contributed by atoms with van der Waals surface area (Å²) in [7, 11) is 0. The zero-order valence-electron chi connectivity index (χ0n) is 14.8. The zero-order chi connectivity index (χ0) is 17.8. The predicted octanol–water partition coefficient (Wildman–Crippen LogP) is 2.13. The summed E-state index contributed by atoms with van der Waals surface area (Å²) in [6.45, 7) is 3.20. The van der Waals surface area contributed by atoms with Crippen molar-refractivity contribution in [3.05, 3.63) is 35.9 Å². The van der Waals surface area contributed by atoms with Crippen LogP contribution in [-0.4, -0.2) is 53.0 Å². The Labute approximate surface area is 148 Å². The van der Waals surface area contributed by atoms with Crippen molar-refractivity contribution in [3.8, 4) is 0 Å². The van der Waals surface area contributed by atoms with E-state index < -0.39 is 6.04 Å². The highest BCUT2D eigenvalue weighted by molar-refractivity contribution is 5.82. The highest BCUT2D eigenvalue weighted by Gasteiger charge is 2.40. The number of likely N-dealkylation sites (tertiary alicyclic amines) is 1. The van der Waals surface area contributed by atoms with Gasteiger partial charge in [-0.25, -0.2) is 4.79 Å². The summed E-state index contributed by atoms with van der Waals surface area (Å²) >= 11 is 0. The van der Waals surface area contributed by atoms with Gasteiger partial charge in [-0.3, -0.25) is 4.79 Å². The molecule has 6 heteroatoms. The normalized spacial score (nSPS) is 21.5. The van der Waals surface area contributed by atoms with Gasteiger partial charge >= 0.3 is 6.09 Å². The Hall–Kier alpha value is -2.08. The molecular formula is C19H27N3O3. The molecule has 1 saturated heterocycles. The van der Waals surface area contributed by atoms with E-state index in [9.17, 15) is 9.59 Å². The Bertz CT molecular complexity index is 601. The molecule has 1 aliphatic carbocycles. The van der Waals surface area contributed by atoms with Gasteiger partial charge in [0, 0.05) is 25.2 Å². The quantitative estimate of drug-likeness (QED) is 0.887. The minimum Gasteiger partial charge on any atom is -0.445 e. The SMILES string of the molecule is C[C@H](N)C(=O)N(C1CC1)C1CCCN(C(=O)OCc2ccccc2)C1. The third kappa shape index (κ3) is 4.51. The van der Waals surface area contributed by atoms with Crippen molar-refractivity contribution in [2.24, 2.45) is 5.73 Å². The van der Waals surface area contributed by atoms with Gasteiger partial charge in [0.25, 0.3) is 0 Å². The van der Waals surface area contributed by atoms with Crippen LogP contribution in [-0.2, 0) is 16.1 Å². The van der Waals surface area contributed by atoms with Crippen molar-refractivity contribution in [3.63, 3.8) is 0 Å². The van der Waals surface area contributed by atoms with Crippen LogP contribution in [0.15, 0.2) is 30.3 Å². The van der Waals surface area contributed by atoms with Gasteiger partial charge in [-0.15, -0.1) is 0 Å². The number of piperidine rings is 1. The zero-order valence-corrected chi connectivity index (χ0v) is 14.8. The number of nitrogens with two attached hydrogens (primary N) is 1. The lowest BCUT2D eigenvalue weighted by Gasteiger charge is -2.39. The summed E-state index contributed by atoms with van der Waals surface area (Å²) in [6.07, 6.45) is 3.55. The van der Waals surface area contributed by atoms with Gasteiger partial charge in [0.05, 0.1) is 6.04 Å². The van der Waals surface area contributed by atoms with E-state index in [1.165, 1.54) is 0 Å². The summed E-state index contributed by atoms with van der Waals surface area (Å²) in [5, 5.41) is 0. The molecule has 1 aromatic rings. The maximum atomic E-state index is 12.5. The molecular weight excluding hydrogens is 318 g/mol. The first-order valence-electron chi connectivity index (χ1n) is 9.09. The Kier molecular flexibility index (Phi) is 5.58. The fourth-order valence-corrected chi connectivity index (χ4v) is 3.40. The number of benzene rings is 1. The molecule has 1 aliphatic heterocycles. The van der Waals surface area contributed by atoms with Crippen LogP contribution in [0.4, 0.5) is 4.79 Å². The van der Waals surface area contributed by atoms with Gasteiger partial charge in [-0.05, 0) is 38.2 Å². The number of hydrogen-bond donors (Lipinski definition) is 1. The summed E-state index contributed by atoms with van der Waals surface area (Å²) in [6, 6.07) is 9.49. The standard InChI is InChI=1S/C19H27N3O3/c1-14(20)18(23)22(16-9-10-16)17-8-5-11-21(12-17)19(24)25-13-15-6-3-2-4-7-15/h2-4,6-7,14,16-17H,5,8-13,20H2,1H3/t14-,17?/m0/s1. The predicted molar refractivity (Wildman–Crippen MR) is 94.7 cm³/mol. The van der Waals surface area contributed by atoms with Crippen LogP contribution in [0.3, 0.4) is 0 Å². The second kappa shape index (κ2) is 7.87. The Morgan fingerprint density at radius 2 is 1.96 bits per heavy atom. The minimum atomic E-state index is -0.499. The van der Waals surface area contributed by atoms with Crippen molar-refractivity contribution < 1.29 is 14.3 Å². The number of carbonyl (C=O) groups is 2. The van der Waals surface area contributed by atoms with E-state index in [-0.39, 0.29) is 24.6 Å². The van der Waals surface area contributed by atoms with Gasteiger partial charge in [-0.2, -0.15) is 0 Å². The van der Waals surface area contributed by atoms with Crippen molar-refractivity contribution in [2.45, 2.75) is 57.3 Å². The van der Waals surface area contributed by atoms with E-state index in [1.807, 2.05) is 35.2 Å². The first-order chi connectivity index (χ1) is 12.1. The van der Waals surface area contributed by atoms with Crippen molar-refractivity contribution in [2.75, 3.05) is 13.1 Å². The number of carbonyl (C=O) groups excluding carboxylic acids is 2. The van der Waals surface area contributed by atoms with Gasteiger partial charge in [0.1, 0.15) is 6.61 Å². The summed E-state index contributed by atoms with van der Waals surface area (Å²) in [5.74, 6) is -0.00740. The Morgan fingerprint density at radius 3 is 2.60 bits per heavy atom. The van der Waals surface area contributed by atoms with E-state index in [4.69, 9.17) is 10.5 Å². The van der Waals surface area contributed by atoms with Crippen LogP contribution in [0, 0.1) is 0 Å². The first-order valence-corrected chi connectivity index (χ1v) is 9.09. The third-order valence-electron chi connectivity index (χ3n) is 4.84. The number of ether oxygens (including phenoxy) is 1. The van der Waals surface area contributed by atoms with Gasteiger partial charge < -0.3 is 20.3 Å². The molecule has 0 bridgehead atoms. The highest BCUT2D eigenvalue weighted by Crippen LogP contribution is 2.32. The van der Waals surface area contributed by atoms with E-state index in [1.54, 1.807) is 11.8 Å². The molecule has 136 valence electrons. The second-order valence-electron chi connectivity index (χ2n) is 7.05. The van der Waals surface area contributed by atoms with Crippen molar-refractivity contribution >= 4 is 12.0 Å². The van der Waals surface area contributed by atoms with E-state index in [2.05, 4.69) is 0 Å².